The summed E-state index contributed by atoms with van der Waals surface area (Å²) in [6, 6.07) is 4.97. The van der Waals surface area contributed by atoms with E-state index in [0.717, 1.165) is 0 Å². The zero-order valence-corrected chi connectivity index (χ0v) is 12.4. The highest BCUT2D eigenvalue weighted by molar-refractivity contribution is 6.31. The number of carbonyl (C=O) groups is 1. The lowest BCUT2D eigenvalue weighted by Gasteiger charge is -2.10. The summed E-state index contributed by atoms with van der Waals surface area (Å²) in [6.07, 6.45) is 2.95. The van der Waals surface area contributed by atoms with Crippen LogP contribution in [0.15, 0.2) is 30.6 Å². The Balaban J connectivity index is 2.21. The molecule has 0 bridgehead atoms. The van der Waals surface area contributed by atoms with Crippen molar-refractivity contribution in [3.8, 4) is 5.75 Å². The third kappa shape index (κ3) is 3.82. The summed E-state index contributed by atoms with van der Waals surface area (Å²) in [4.78, 5) is 20.4. The summed E-state index contributed by atoms with van der Waals surface area (Å²) in [5.41, 5.74) is 0.682. The summed E-state index contributed by atoms with van der Waals surface area (Å²) in [5.74, 6) is 0.676. The van der Waals surface area contributed by atoms with Crippen molar-refractivity contribution in [3.05, 3.63) is 41.3 Å². The Morgan fingerprint density at radius 1 is 1.38 bits per heavy atom. The van der Waals surface area contributed by atoms with Gasteiger partial charge < -0.3 is 15.4 Å². The Morgan fingerprint density at radius 2 is 2.19 bits per heavy atom. The minimum atomic E-state index is -0.386. The molecule has 1 heterocycles. The Kier molecular flexibility index (Phi) is 4.94. The maximum atomic E-state index is 12.2. The van der Waals surface area contributed by atoms with Crippen LogP contribution in [-0.2, 0) is 0 Å². The second-order valence-electron chi connectivity index (χ2n) is 4.12. The van der Waals surface area contributed by atoms with Crippen LogP contribution in [0.1, 0.15) is 17.4 Å². The first-order valence-electron chi connectivity index (χ1n) is 6.35. The average Bonchev–Trinajstić information content (AvgIpc) is 2.48. The fraction of sp³-hybridized carbons (Fsp3) is 0.214. The van der Waals surface area contributed by atoms with Crippen LogP contribution in [0.2, 0.25) is 5.02 Å². The summed E-state index contributed by atoms with van der Waals surface area (Å²) >= 11 is 5.92. The Bertz CT molecular complexity index is 649. The van der Waals surface area contributed by atoms with Crippen molar-refractivity contribution in [2.24, 2.45) is 0 Å². The van der Waals surface area contributed by atoms with Gasteiger partial charge in [0.05, 0.1) is 25.2 Å². The molecule has 0 saturated carbocycles. The van der Waals surface area contributed by atoms with Gasteiger partial charge in [-0.2, -0.15) is 0 Å². The lowest BCUT2D eigenvalue weighted by Crippen LogP contribution is -2.15. The van der Waals surface area contributed by atoms with Crippen molar-refractivity contribution in [2.75, 3.05) is 24.3 Å². The number of aromatic nitrogens is 2. The van der Waals surface area contributed by atoms with Crippen LogP contribution in [0.4, 0.5) is 11.5 Å². The van der Waals surface area contributed by atoms with Crippen LogP contribution in [-0.4, -0.2) is 29.5 Å². The largest absolute Gasteiger partial charge is 0.495 e. The predicted octanol–water partition coefficient (Wildman–Crippen LogP) is 2.82. The van der Waals surface area contributed by atoms with Gasteiger partial charge in [-0.1, -0.05) is 11.6 Å². The summed E-state index contributed by atoms with van der Waals surface area (Å²) in [6.45, 7) is 2.63. The van der Waals surface area contributed by atoms with Crippen LogP contribution in [0.3, 0.4) is 0 Å². The molecule has 2 aromatic rings. The van der Waals surface area contributed by atoms with Crippen molar-refractivity contribution < 1.29 is 9.53 Å². The lowest BCUT2D eigenvalue weighted by molar-refractivity contribution is 0.102. The molecule has 0 radical (unpaired) electrons. The van der Waals surface area contributed by atoms with E-state index in [2.05, 4.69) is 20.6 Å². The molecule has 7 heteroatoms. The Morgan fingerprint density at radius 3 is 2.90 bits per heavy atom. The number of ether oxygens (including phenoxy) is 1. The summed E-state index contributed by atoms with van der Waals surface area (Å²) < 4.78 is 5.18. The number of nitrogens with one attached hydrogen (secondary N) is 2. The first kappa shape index (κ1) is 15.1. The number of halogens is 1. The highest BCUT2D eigenvalue weighted by Crippen LogP contribution is 2.27. The van der Waals surface area contributed by atoms with E-state index in [-0.39, 0.29) is 11.6 Å². The van der Waals surface area contributed by atoms with Crippen LogP contribution in [0, 0.1) is 0 Å². The molecule has 110 valence electrons. The molecule has 0 saturated heterocycles. The van der Waals surface area contributed by atoms with Crippen molar-refractivity contribution >= 4 is 29.0 Å². The molecule has 1 amide bonds. The zero-order chi connectivity index (χ0) is 15.2. The molecule has 0 unspecified atom stereocenters. The van der Waals surface area contributed by atoms with Crippen molar-refractivity contribution in [1.29, 1.82) is 0 Å². The van der Waals surface area contributed by atoms with Crippen molar-refractivity contribution in [1.82, 2.24) is 9.97 Å². The van der Waals surface area contributed by atoms with Gasteiger partial charge in [-0.3, -0.25) is 9.78 Å². The molecule has 21 heavy (non-hydrogen) atoms. The second-order valence-corrected chi connectivity index (χ2v) is 4.56. The zero-order valence-electron chi connectivity index (χ0n) is 11.7. The SMILES string of the molecule is CCNc1cncc(C(=O)Nc2cc(Cl)ccc2OC)n1. The standard InChI is InChI=1S/C14H15ClN4O2/c1-3-17-13-8-16-7-11(18-13)14(20)19-10-6-9(15)4-5-12(10)21-2/h4-8H,3H2,1-2H3,(H,17,18)(H,19,20). The Labute approximate surface area is 127 Å². The van der Waals surface area contributed by atoms with Gasteiger partial charge in [-0.05, 0) is 25.1 Å². The molecule has 1 aromatic heterocycles. The molecular formula is C14H15ClN4O2. The molecule has 0 aliphatic carbocycles. The minimum absolute atomic E-state index is 0.204. The van der Waals surface area contributed by atoms with Crippen LogP contribution in [0.25, 0.3) is 0 Å². The topological polar surface area (TPSA) is 76.1 Å². The monoisotopic (exact) mass is 306 g/mol. The normalized spacial score (nSPS) is 10.0. The highest BCUT2D eigenvalue weighted by atomic mass is 35.5. The van der Waals surface area contributed by atoms with Gasteiger partial charge in [0.1, 0.15) is 17.3 Å². The first-order chi connectivity index (χ1) is 10.1. The molecule has 0 atom stereocenters. The first-order valence-corrected chi connectivity index (χ1v) is 6.72. The number of anilines is 2. The number of methoxy groups -OCH3 is 1. The van der Waals surface area contributed by atoms with E-state index in [1.165, 1.54) is 13.3 Å². The molecule has 6 nitrogen and oxygen atoms in total. The molecule has 0 fully saturated rings. The van der Waals surface area contributed by atoms with Crippen LogP contribution in [0.5, 0.6) is 5.75 Å². The van der Waals surface area contributed by atoms with Gasteiger partial charge in [-0.15, -0.1) is 0 Å². The smallest absolute Gasteiger partial charge is 0.276 e. The minimum Gasteiger partial charge on any atom is -0.495 e. The van der Waals surface area contributed by atoms with Crippen LogP contribution >= 0.6 is 11.6 Å². The van der Waals surface area contributed by atoms with E-state index in [1.54, 1.807) is 24.4 Å². The Hall–Kier alpha value is -2.34. The molecule has 1 aromatic carbocycles. The molecule has 2 N–H and O–H groups in total. The van der Waals surface area contributed by atoms with Gasteiger partial charge >= 0.3 is 0 Å². The fourth-order valence-electron chi connectivity index (χ4n) is 1.71. The number of benzene rings is 1. The van der Waals surface area contributed by atoms with E-state index >= 15 is 0 Å². The van der Waals surface area contributed by atoms with Gasteiger partial charge in [0.15, 0.2) is 0 Å². The highest BCUT2D eigenvalue weighted by Gasteiger charge is 2.12. The van der Waals surface area contributed by atoms with E-state index in [1.807, 2.05) is 6.92 Å². The molecule has 0 aliphatic rings. The number of hydrogen-bond acceptors (Lipinski definition) is 5. The van der Waals surface area contributed by atoms with E-state index in [4.69, 9.17) is 16.3 Å². The van der Waals surface area contributed by atoms with Crippen molar-refractivity contribution in [2.45, 2.75) is 6.92 Å². The summed E-state index contributed by atoms with van der Waals surface area (Å²) in [5, 5.41) is 6.21. The summed E-state index contributed by atoms with van der Waals surface area (Å²) in [7, 11) is 1.52. The predicted molar refractivity (Wildman–Crippen MR) is 82.2 cm³/mol. The number of carbonyl (C=O) groups excluding carboxylic acids is 1. The van der Waals surface area contributed by atoms with Gasteiger partial charge in [0, 0.05) is 11.6 Å². The van der Waals surface area contributed by atoms with E-state index < -0.39 is 0 Å². The van der Waals surface area contributed by atoms with Gasteiger partial charge in [0.2, 0.25) is 0 Å². The molecule has 0 aliphatic heterocycles. The molecule has 0 spiro atoms. The quantitative estimate of drug-likeness (QED) is 0.888. The lowest BCUT2D eigenvalue weighted by atomic mass is 10.2. The molecule has 2 rings (SSSR count). The number of hydrogen-bond donors (Lipinski definition) is 2. The average molecular weight is 307 g/mol. The fourth-order valence-corrected chi connectivity index (χ4v) is 1.88. The molecular weight excluding hydrogens is 292 g/mol. The number of rotatable bonds is 5. The van der Waals surface area contributed by atoms with E-state index in [9.17, 15) is 4.79 Å². The van der Waals surface area contributed by atoms with Gasteiger partial charge in [0.25, 0.3) is 5.91 Å². The second kappa shape index (κ2) is 6.90. The number of nitrogens with zero attached hydrogens (tertiary/aromatic N) is 2. The third-order valence-electron chi connectivity index (χ3n) is 2.63. The maximum Gasteiger partial charge on any atom is 0.276 e. The maximum absolute atomic E-state index is 12.2. The van der Waals surface area contributed by atoms with Crippen molar-refractivity contribution in [3.63, 3.8) is 0 Å². The third-order valence-corrected chi connectivity index (χ3v) is 2.87. The van der Waals surface area contributed by atoms with Crippen LogP contribution < -0.4 is 15.4 Å². The van der Waals surface area contributed by atoms with Gasteiger partial charge in [-0.25, -0.2) is 4.98 Å². The number of amides is 1. The van der Waals surface area contributed by atoms with E-state index in [0.29, 0.717) is 28.8 Å².